The van der Waals surface area contributed by atoms with Crippen LogP contribution in [0.5, 0.6) is 0 Å². The largest absolute Gasteiger partial charge is 0.213 e. The molecule has 1 aliphatic carbocycles. The van der Waals surface area contributed by atoms with Crippen LogP contribution < -0.4 is 4.72 Å². The maximum absolute atomic E-state index is 11.1. The van der Waals surface area contributed by atoms with Crippen molar-refractivity contribution in [2.75, 3.05) is 6.26 Å². The van der Waals surface area contributed by atoms with E-state index in [4.69, 9.17) is 0 Å². The van der Waals surface area contributed by atoms with Crippen LogP contribution in [0, 0.1) is 5.92 Å². The van der Waals surface area contributed by atoms with Gasteiger partial charge in [-0.1, -0.05) is 25.7 Å². The molecular formula is C10H21NO2S. The Balaban J connectivity index is 2.45. The van der Waals surface area contributed by atoms with Crippen molar-refractivity contribution in [3.05, 3.63) is 0 Å². The summed E-state index contributed by atoms with van der Waals surface area (Å²) in [4.78, 5) is 0. The SMILES string of the molecule is C[C@H](NS(C)(=O)=O)C1CCCCCC1. The van der Waals surface area contributed by atoms with E-state index in [1.807, 2.05) is 6.92 Å². The van der Waals surface area contributed by atoms with Gasteiger partial charge in [-0.25, -0.2) is 13.1 Å². The molecule has 0 aromatic rings. The van der Waals surface area contributed by atoms with Gasteiger partial charge < -0.3 is 0 Å². The zero-order chi connectivity index (χ0) is 10.6. The number of hydrogen-bond acceptors (Lipinski definition) is 2. The van der Waals surface area contributed by atoms with Crippen LogP contribution in [0.1, 0.15) is 45.4 Å². The molecule has 1 N–H and O–H groups in total. The standard InChI is InChI=1S/C10H21NO2S/c1-9(11-14(2,12)13)10-7-5-3-4-6-8-10/h9-11H,3-8H2,1-2H3/t9-/m0/s1. The summed E-state index contributed by atoms with van der Waals surface area (Å²) < 4.78 is 24.8. The van der Waals surface area contributed by atoms with E-state index < -0.39 is 10.0 Å². The van der Waals surface area contributed by atoms with Crippen molar-refractivity contribution in [2.24, 2.45) is 5.92 Å². The van der Waals surface area contributed by atoms with Crippen LogP contribution in [0.4, 0.5) is 0 Å². The van der Waals surface area contributed by atoms with Crippen molar-refractivity contribution in [3.8, 4) is 0 Å². The summed E-state index contributed by atoms with van der Waals surface area (Å²) in [5, 5.41) is 0. The van der Waals surface area contributed by atoms with Crippen molar-refractivity contribution >= 4 is 10.0 Å². The summed E-state index contributed by atoms with van der Waals surface area (Å²) in [5.74, 6) is 0.534. The van der Waals surface area contributed by atoms with Gasteiger partial charge in [-0.2, -0.15) is 0 Å². The van der Waals surface area contributed by atoms with Gasteiger partial charge in [-0.05, 0) is 25.7 Å². The van der Waals surface area contributed by atoms with Crippen LogP contribution >= 0.6 is 0 Å². The molecular weight excluding hydrogens is 198 g/mol. The first-order chi connectivity index (χ1) is 6.49. The first-order valence-electron chi connectivity index (χ1n) is 5.46. The second kappa shape index (κ2) is 5.12. The minimum Gasteiger partial charge on any atom is -0.213 e. The summed E-state index contributed by atoms with van der Waals surface area (Å²) >= 11 is 0. The van der Waals surface area contributed by atoms with Crippen LogP contribution in [0.25, 0.3) is 0 Å². The molecule has 84 valence electrons. The summed E-state index contributed by atoms with van der Waals surface area (Å²) in [7, 11) is -3.03. The third-order valence-corrected chi connectivity index (χ3v) is 3.81. The third-order valence-electron chi connectivity index (χ3n) is 3.01. The van der Waals surface area contributed by atoms with Crippen LogP contribution in [0.3, 0.4) is 0 Å². The van der Waals surface area contributed by atoms with Crippen molar-refractivity contribution in [1.82, 2.24) is 4.72 Å². The van der Waals surface area contributed by atoms with Crippen LogP contribution in [0.15, 0.2) is 0 Å². The van der Waals surface area contributed by atoms with Gasteiger partial charge >= 0.3 is 0 Å². The molecule has 1 fully saturated rings. The lowest BCUT2D eigenvalue weighted by Crippen LogP contribution is -2.37. The van der Waals surface area contributed by atoms with E-state index in [-0.39, 0.29) is 6.04 Å². The van der Waals surface area contributed by atoms with Gasteiger partial charge in [0.05, 0.1) is 6.26 Å². The first-order valence-corrected chi connectivity index (χ1v) is 7.35. The van der Waals surface area contributed by atoms with E-state index in [9.17, 15) is 8.42 Å². The fourth-order valence-corrected chi connectivity index (χ4v) is 3.11. The average molecular weight is 219 g/mol. The van der Waals surface area contributed by atoms with Gasteiger partial charge in [0, 0.05) is 6.04 Å². The molecule has 0 saturated heterocycles. The fourth-order valence-electron chi connectivity index (χ4n) is 2.24. The molecule has 0 aromatic carbocycles. The minimum atomic E-state index is -3.03. The van der Waals surface area contributed by atoms with E-state index in [0.29, 0.717) is 5.92 Å². The lowest BCUT2D eigenvalue weighted by atomic mass is 9.94. The van der Waals surface area contributed by atoms with Crippen molar-refractivity contribution in [3.63, 3.8) is 0 Å². The van der Waals surface area contributed by atoms with Crippen LogP contribution in [0.2, 0.25) is 0 Å². The fraction of sp³-hybridized carbons (Fsp3) is 1.00. The second-order valence-corrected chi connectivity index (χ2v) is 6.21. The van der Waals surface area contributed by atoms with Crippen LogP contribution in [-0.2, 0) is 10.0 Å². The topological polar surface area (TPSA) is 46.2 Å². The number of hydrogen-bond donors (Lipinski definition) is 1. The van der Waals surface area contributed by atoms with E-state index >= 15 is 0 Å². The van der Waals surface area contributed by atoms with Gasteiger partial charge in [-0.3, -0.25) is 0 Å². The Morgan fingerprint density at radius 1 is 1.14 bits per heavy atom. The molecule has 0 unspecified atom stereocenters. The Morgan fingerprint density at radius 2 is 1.64 bits per heavy atom. The van der Waals surface area contributed by atoms with E-state index in [1.54, 1.807) is 0 Å². The summed E-state index contributed by atoms with van der Waals surface area (Å²) in [6.45, 7) is 1.98. The van der Waals surface area contributed by atoms with E-state index in [2.05, 4.69) is 4.72 Å². The first kappa shape index (κ1) is 12.0. The lowest BCUT2D eigenvalue weighted by Gasteiger charge is -2.22. The minimum absolute atomic E-state index is 0.100. The maximum atomic E-state index is 11.1. The Kier molecular flexibility index (Phi) is 4.38. The predicted octanol–water partition coefficient (Wildman–Crippen LogP) is 1.89. The van der Waals surface area contributed by atoms with E-state index in [0.717, 1.165) is 0 Å². The molecule has 3 nitrogen and oxygen atoms in total. The molecule has 1 atom stereocenters. The van der Waals surface area contributed by atoms with Gasteiger partial charge in [0.25, 0.3) is 0 Å². The molecule has 4 heteroatoms. The van der Waals surface area contributed by atoms with E-state index in [1.165, 1.54) is 44.8 Å². The summed E-state index contributed by atoms with van der Waals surface area (Å²) in [6, 6.07) is 0.100. The normalized spacial score (nSPS) is 23.0. The third kappa shape index (κ3) is 4.42. The molecule has 1 saturated carbocycles. The quantitative estimate of drug-likeness (QED) is 0.737. The molecule has 14 heavy (non-hydrogen) atoms. The zero-order valence-corrected chi connectivity index (χ0v) is 9.94. The monoisotopic (exact) mass is 219 g/mol. The van der Waals surface area contributed by atoms with Gasteiger partial charge in [0.15, 0.2) is 0 Å². The predicted molar refractivity (Wildman–Crippen MR) is 58.6 cm³/mol. The van der Waals surface area contributed by atoms with Crippen molar-refractivity contribution in [2.45, 2.75) is 51.5 Å². The Labute approximate surface area is 87.3 Å². The molecule has 0 spiro atoms. The smallest absolute Gasteiger partial charge is 0.208 e. The second-order valence-electron chi connectivity index (χ2n) is 4.43. The highest BCUT2D eigenvalue weighted by Gasteiger charge is 2.21. The number of rotatable bonds is 3. The molecule has 0 radical (unpaired) electrons. The average Bonchev–Trinajstić information content (AvgIpc) is 2.27. The molecule has 0 aliphatic heterocycles. The maximum Gasteiger partial charge on any atom is 0.208 e. The molecule has 0 amide bonds. The lowest BCUT2D eigenvalue weighted by molar-refractivity contribution is 0.371. The number of sulfonamides is 1. The molecule has 0 aromatic heterocycles. The Bertz CT molecular complexity index is 253. The zero-order valence-electron chi connectivity index (χ0n) is 9.12. The highest BCUT2D eigenvalue weighted by molar-refractivity contribution is 7.88. The molecule has 1 rings (SSSR count). The van der Waals surface area contributed by atoms with Gasteiger partial charge in [0.2, 0.25) is 10.0 Å². The van der Waals surface area contributed by atoms with Crippen LogP contribution in [-0.4, -0.2) is 20.7 Å². The summed E-state index contributed by atoms with van der Waals surface area (Å²) in [6.07, 6.45) is 8.69. The summed E-state index contributed by atoms with van der Waals surface area (Å²) in [5.41, 5.74) is 0. The molecule has 0 heterocycles. The highest BCUT2D eigenvalue weighted by atomic mass is 32.2. The molecule has 1 aliphatic rings. The molecule has 0 bridgehead atoms. The van der Waals surface area contributed by atoms with Gasteiger partial charge in [0.1, 0.15) is 0 Å². The number of nitrogens with one attached hydrogen (secondary N) is 1. The Morgan fingerprint density at radius 3 is 2.07 bits per heavy atom. The highest BCUT2D eigenvalue weighted by Crippen LogP contribution is 2.25. The van der Waals surface area contributed by atoms with Gasteiger partial charge in [-0.15, -0.1) is 0 Å². The van der Waals surface area contributed by atoms with Crippen molar-refractivity contribution < 1.29 is 8.42 Å². The van der Waals surface area contributed by atoms with Crippen molar-refractivity contribution in [1.29, 1.82) is 0 Å². The Hall–Kier alpha value is -0.0900.